The van der Waals surface area contributed by atoms with E-state index in [4.69, 9.17) is 5.73 Å². The quantitative estimate of drug-likeness (QED) is 0.725. The Labute approximate surface area is 121 Å². The van der Waals surface area contributed by atoms with Crippen molar-refractivity contribution in [3.05, 3.63) is 38.8 Å². The van der Waals surface area contributed by atoms with Crippen molar-refractivity contribution < 1.29 is 0 Å². The van der Waals surface area contributed by atoms with Gasteiger partial charge in [-0.2, -0.15) is 5.10 Å². The molecule has 0 atom stereocenters. The maximum Gasteiger partial charge on any atom is 0.332 e. The third-order valence-electron chi connectivity index (χ3n) is 3.15. The highest BCUT2D eigenvalue weighted by Crippen LogP contribution is 2.13. The maximum absolute atomic E-state index is 12.2. The molecular formula is C13H20N6O2. The largest absolute Gasteiger partial charge is 0.383 e. The molecule has 2 heterocycles. The molecule has 0 amide bonds. The van der Waals surface area contributed by atoms with Crippen LogP contribution >= 0.6 is 0 Å². The van der Waals surface area contributed by atoms with Gasteiger partial charge in [-0.15, -0.1) is 0 Å². The molecule has 0 bridgehead atoms. The van der Waals surface area contributed by atoms with Gasteiger partial charge in [-0.1, -0.05) is 13.8 Å². The number of anilines is 2. The molecule has 2 rings (SSSR count). The summed E-state index contributed by atoms with van der Waals surface area (Å²) in [7, 11) is 1.45. The Morgan fingerprint density at radius 1 is 1.43 bits per heavy atom. The molecule has 4 N–H and O–H groups in total. The molecule has 0 aliphatic heterocycles. The molecule has 0 spiro atoms. The molecule has 8 nitrogen and oxygen atoms in total. The molecule has 0 fully saturated rings. The van der Waals surface area contributed by atoms with Gasteiger partial charge in [-0.25, -0.2) is 4.79 Å². The predicted molar refractivity (Wildman–Crippen MR) is 81.1 cm³/mol. The van der Waals surface area contributed by atoms with Crippen LogP contribution in [0.4, 0.5) is 11.5 Å². The van der Waals surface area contributed by atoms with Crippen LogP contribution in [0, 0.1) is 5.92 Å². The first kappa shape index (κ1) is 14.9. The zero-order valence-corrected chi connectivity index (χ0v) is 12.4. The van der Waals surface area contributed by atoms with Crippen molar-refractivity contribution in [1.29, 1.82) is 0 Å². The number of hydrogen-bond acceptors (Lipinski definition) is 5. The van der Waals surface area contributed by atoms with Gasteiger partial charge in [0.05, 0.1) is 12.2 Å². The lowest BCUT2D eigenvalue weighted by atomic mass is 10.2. The highest BCUT2D eigenvalue weighted by Gasteiger charge is 2.15. The minimum atomic E-state index is -0.433. The highest BCUT2D eigenvalue weighted by atomic mass is 16.2. The zero-order chi connectivity index (χ0) is 15.6. The van der Waals surface area contributed by atoms with E-state index in [1.807, 2.05) is 13.8 Å². The fourth-order valence-electron chi connectivity index (χ4n) is 2.06. The van der Waals surface area contributed by atoms with Crippen LogP contribution in [0.2, 0.25) is 0 Å². The van der Waals surface area contributed by atoms with Crippen LogP contribution in [0.1, 0.15) is 19.5 Å². The average molecular weight is 292 g/mol. The molecule has 0 radical (unpaired) electrons. The van der Waals surface area contributed by atoms with Crippen LogP contribution in [-0.2, 0) is 20.1 Å². The van der Waals surface area contributed by atoms with E-state index in [1.54, 1.807) is 12.3 Å². The van der Waals surface area contributed by atoms with Crippen LogP contribution in [0.5, 0.6) is 0 Å². The van der Waals surface area contributed by atoms with Crippen LogP contribution < -0.4 is 22.3 Å². The molecule has 0 aromatic carbocycles. The van der Waals surface area contributed by atoms with Gasteiger partial charge in [0.1, 0.15) is 11.5 Å². The van der Waals surface area contributed by atoms with Crippen LogP contribution in [0.3, 0.4) is 0 Å². The maximum atomic E-state index is 12.2. The van der Waals surface area contributed by atoms with Crippen LogP contribution in [0.15, 0.2) is 21.9 Å². The first-order chi connectivity index (χ1) is 9.91. The van der Waals surface area contributed by atoms with E-state index in [0.717, 1.165) is 10.3 Å². The summed E-state index contributed by atoms with van der Waals surface area (Å²) in [4.78, 5) is 24.3. The second-order valence-electron chi connectivity index (χ2n) is 5.35. The van der Waals surface area contributed by atoms with Crippen molar-refractivity contribution in [2.45, 2.75) is 26.9 Å². The van der Waals surface area contributed by atoms with E-state index in [1.165, 1.54) is 11.6 Å². The summed E-state index contributed by atoms with van der Waals surface area (Å²) in [5.41, 5.74) is 6.21. The smallest absolute Gasteiger partial charge is 0.332 e. The summed E-state index contributed by atoms with van der Waals surface area (Å²) < 4.78 is 2.48. The summed E-state index contributed by atoms with van der Waals surface area (Å²) in [5.74, 6) is 0.402. The Kier molecular flexibility index (Phi) is 4.15. The number of H-pyrrole nitrogens is 1. The summed E-state index contributed by atoms with van der Waals surface area (Å²) >= 11 is 0. The molecule has 0 unspecified atom stereocenters. The second kappa shape index (κ2) is 5.86. The molecule has 0 aliphatic carbocycles. The molecule has 0 aliphatic rings. The van der Waals surface area contributed by atoms with Crippen molar-refractivity contribution >= 4 is 11.5 Å². The molecule has 8 heteroatoms. The first-order valence-corrected chi connectivity index (χ1v) is 6.73. The minimum Gasteiger partial charge on any atom is -0.383 e. The molecular weight excluding hydrogens is 272 g/mol. The van der Waals surface area contributed by atoms with E-state index in [9.17, 15) is 9.59 Å². The Bertz CT molecular complexity index is 726. The van der Waals surface area contributed by atoms with E-state index in [0.29, 0.717) is 13.1 Å². The summed E-state index contributed by atoms with van der Waals surface area (Å²) in [6, 6.07) is 1.79. The fraction of sp³-hybridized carbons (Fsp3) is 0.462. The Morgan fingerprint density at radius 2 is 2.14 bits per heavy atom. The number of nitrogens with one attached hydrogen (secondary N) is 2. The lowest BCUT2D eigenvalue weighted by molar-refractivity contribution is 0.494. The average Bonchev–Trinajstić information content (AvgIpc) is 2.94. The van der Waals surface area contributed by atoms with E-state index >= 15 is 0 Å². The van der Waals surface area contributed by atoms with Gasteiger partial charge in [0.2, 0.25) is 0 Å². The highest BCUT2D eigenvalue weighted by molar-refractivity contribution is 5.60. The summed E-state index contributed by atoms with van der Waals surface area (Å²) in [6.45, 7) is 4.79. The monoisotopic (exact) mass is 292 g/mol. The van der Waals surface area contributed by atoms with Crippen LogP contribution in [0.25, 0.3) is 0 Å². The molecule has 0 saturated heterocycles. The van der Waals surface area contributed by atoms with Gasteiger partial charge in [-0.05, 0) is 12.0 Å². The van der Waals surface area contributed by atoms with Gasteiger partial charge in [0, 0.05) is 19.8 Å². The van der Waals surface area contributed by atoms with Gasteiger partial charge in [-0.3, -0.25) is 19.0 Å². The zero-order valence-electron chi connectivity index (χ0n) is 12.4. The normalized spacial score (nSPS) is 11.0. The third-order valence-corrected chi connectivity index (χ3v) is 3.15. The SMILES string of the molecule is CC(C)Cn1c(N)c(NCc2ccn[nH]2)c(=O)n(C)c1=O. The molecule has 2 aromatic rings. The standard InChI is InChI=1S/C13H20N6O2/c1-8(2)7-19-11(14)10(12(20)18(3)13(19)21)15-6-9-4-5-16-17-9/h4-5,8,15H,6-7,14H2,1-3H3,(H,16,17). The molecule has 0 saturated carbocycles. The van der Waals surface area contributed by atoms with Gasteiger partial charge in [0.25, 0.3) is 5.56 Å². The molecule has 114 valence electrons. The third kappa shape index (κ3) is 2.99. The number of aromatic nitrogens is 4. The lowest BCUT2D eigenvalue weighted by Crippen LogP contribution is -2.41. The number of rotatable bonds is 5. The van der Waals surface area contributed by atoms with Gasteiger partial charge >= 0.3 is 5.69 Å². The number of aromatic amines is 1. The van der Waals surface area contributed by atoms with Gasteiger partial charge < -0.3 is 11.1 Å². The minimum absolute atomic E-state index is 0.163. The lowest BCUT2D eigenvalue weighted by Gasteiger charge is -2.17. The molecule has 2 aromatic heterocycles. The summed E-state index contributed by atoms with van der Waals surface area (Å²) in [5, 5.41) is 9.60. The van der Waals surface area contributed by atoms with E-state index < -0.39 is 11.2 Å². The van der Waals surface area contributed by atoms with Crippen molar-refractivity contribution in [3.8, 4) is 0 Å². The summed E-state index contributed by atoms with van der Waals surface area (Å²) in [6.07, 6.45) is 1.62. The number of nitrogens with two attached hydrogens (primary N) is 1. The van der Waals surface area contributed by atoms with Crippen molar-refractivity contribution in [2.75, 3.05) is 11.1 Å². The van der Waals surface area contributed by atoms with Crippen molar-refractivity contribution in [1.82, 2.24) is 19.3 Å². The number of hydrogen-bond donors (Lipinski definition) is 3. The number of nitrogens with zero attached hydrogens (tertiary/aromatic N) is 3. The Morgan fingerprint density at radius 3 is 2.71 bits per heavy atom. The van der Waals surface area contributed by atoms with Gasteiger partial charge in [0.15, 0.2) is 0 Å². The predicted octanol–water partition coefficient (Wildman–Crippen LogP) is 0.120. The Hall–Kier alpha value is -2.51. The topological polar surface area (TPSA) is 111 Å². The Balaban J connectivity index is 2.42. The molecule has 21 heavy (non-hydrogen) atoms. The van der Waals surface area contributed by atoms with E-state index in [-0.39, 0.29) is 17.4 Å². The van der Waals surface area contributed by atoms with E-state index in [2.05, 4.69) is 15.5 Å². The first-order valence-electron chi connectivity index (χ1n) is 6.73. The van der Waals surface area contributed by atoms with Crippen molar-refractivity contribution in [2.24, 2.45) is 13.0 Å². The number of nitrogen functional groups attached to an aromatic ring is 1. The fourth-order valence-corrected chi connectivity index (χ4v) is 2.06. The van der Waals surface area contributed by atoms with Crippen LogP contribution in [-0.4, -0.2) is 19.3 Å². The second-order valence-corrected chi connectivity index (χ2v) is 5.35. The van der Waals surface area contributed by atoms with Crippen molar-refractivity contribution in [3.63, 3.8) is 0 Å².